The fraction of sp³-hybridized carbons (Fsp3) is 0.444. The Kier molecular flexibility index (Phi) is 7.05. The molecule has 0 unspecified atom stereocenters. The Balaban J connectivity index is 2.82. The number of allylic oxidation sites excluding steroid dienone is 3. The van der Waals surface area contributed by atoms with E-state index in [0.29, 0.717) is 0 Å². The normalized spacial score (nSPS) is 10.3. The summed E-state index contributed by atoms with van der Waals surface area (Å²) in [7, 11) is 0. The van der Waals surface area contributed by atoms with Gasteiger partial charge in [0, 0.05) is 0 Å². The molecule has 0 bridgehead atoms. The molecule has 0 nitrogen and oxygen atoms in total. The Morgan fingerprint density at radius 1 is 1.22 bits per heavy atom. The van der Waals surface area contributed by atoms with E-state index in [4.69, 9.17) is 6.58 Å². The lowest BCUT2D eigenvalue weighted by Crippen LogP contribution is -1.70. The molecule has 0 fully saturated rings. The highest BCUT2D eigenvalue weighted by molar-refractivity contribution is 4.83. The highest BCUT2D eigenvalue weighted by Gasteiger charge is 1.80. The van der Waals surface area contributed by atoms with Gasteiger partial charge in [-0.05, 0) is 32.6 Å². The van der Waals surface area contributed by atoms with Crippen LogP contribution in [0, 0.1) is 13.5 Å². The van der Waals surface area contributed by atoms with Crippen molar-refractivity contribution < 1.29 is 0 Å². The van der Waals surface area contributed by atoms with Gasteiger partial charge in [-0.3, -0.25) is 0 Å². The molecule has 0 heteroatoms. The molecule has 0 aromatic heterocycles. The summed E-state index contributed by atoms with van der Waals surface area (Å²) in [5.74, 6) is 0. The fourth-order valence-electron chi connectivity index (χ4n) is 0.642. The maximum absolute atomic E-state index is 5.19. The van der Waals surface area contributed by atoms with Crippen LogP contribution in [0.1, 0.15) is 25.7 Å². The van der Waals surface area contributed by atoms with Crippen LogP contribution in [0.25, 0.3) is 0 Å². The van der Waals surface area contributed by atoms with Crippen molar-refractivity contribution >= 4 is 0 Å². The lowest BCUT2D eigenvalue weighted by atomic mass is 10.2. The van der Waals surface area contributed by atoms with E-state index in [2.05, 4.69) is 13.0 Å². The van der Waals surface area contributed by atoms with Crippen LogP contribution >= 0.6 is 0 Å². The van der Waals surface area contributed by atoms with Crippen molar-refractivity contribution in [3.63, 3.8) is 0 Å². The number of hydrogen-bond donors (Lipinski definition) is 0. The van der Waals surface area contributed by atoms with Crippen molar-refractivity contribution in [2.24, 2.45) is 0 Å². The van der Waals surface area contributed by atoms with Gasteiger partial charge in [0.1, 0.15) is 0 Å². The standard InChI is InChI=1S/C9H14/c1-3-5-7-9-8-6-4-2/h1,3-4,6H,2,5,7-9H2/b3-1?,6-4+. The van der Waals surface area contributed by atoms with E-state index < -0.39 is 0 Å². The van der Waals surface area contributed by atoms with Crippen molar-refractivity contribution in [1.29, 1.82) is 0 Å². The molecule has 0 N–H and O–H groups in total. The lowest BCUT2D eigenvalue weighted by molar-refractivity contribution is 0.762. The minimum Gasteiger partial charge on any atom is -0.0885 e. The van der Waals surface area contributed by atoms with Crippen LogP contribution in [-0.4, -0.2) is 0 Å². The van der Waals surface area contributed by atoms with Gasteiger partial charge in [-0.1, -0.05) is 24.8 Å². The zero-order chi connectivity index (χ0) is 6.95. The fourth-order valence-corrected chi connectivity index (χ4v) is 0.642. The molecule has 50 valence electrons. The molecule has 0 aliphatic heterocycles. The predicted molar refractivity (Wildman–Crippen MR) is 41.8 cm³/mol. The molecular weight excluding hydrogens is 108 g/mol. The Morgan fingerprint density at radius 3 is 2.44 bits per heavy atom. The first-order chi connectivity index (χ1) is 4.41. The van der Waals surface area contributed by atoms with Crippen molar-refractivity contribution in [2.75, 3.05) is 0 Å². The van der Waals surface area contributed by atoms with Gasteiger partial charge in [-0.25, -0.2) is 0 Å². The van der Waals surface area contributed by atoms with Crippen LogP contribution in [0.5, 0.6) is 0 Å². The Bertz CT molecular complexity index is 80.0. The third-order valence-corrected chi connectivity index (χ3v) is 1.16. The zero-order valence-electron chi connectivity index (χ0n) is 5.84. The first-order valence-electron chi connectivity index (χ1n) is 3.39. The summed E-state index contributed by atoms with van der Waals surface area (Å²) in [4.78, 5) is 0. The highest BCUT2D eigenvalue weighted by atomic mass is 13.9. The molecule has 0 aromatic carbocycles. The average molecular weight is 122 g/mol. The average Bonchev–Trinajstić information content (AvgIpc) is 1.89. The van der Waals surface area contributed by atoms with Crippen LogP contribution in [0.15, 0.2) is 18.2 Å². The molecule has 0 amide bonds. The summed E-state index contributed by atoms with van der Waals surface area (Å²) >= 11 is 0. The molecule has 0 heterocycles. The number of unbranched alkanes of at least 4 members (excludes halogenated alkanes) is 3. The highest BCUT2D eigenvalue weighted by Crippen LogP contribution is 1.99. The van der Waals surface area contributed by atoms with E-state index in [9.17, 15) is 0 Å². The summed E-state index contributed by atoms with van der Waals surface area (Å²) < 4.78 is 0. The molecule has 0 aromatic rings. The van der Waals surface area contributed by atoms with Crippen LogP contribution in [0.4, 0.5) is 0 Å². The quantitative estimate of drug-likeness (QED) is 0.492. The van der Waals surface area contributed by atoms with Crippen LogP contribution in [0.3, 0.4) is 0 Å². The topological polar surface area (TPSA) is 0 Å². The second kappa shape index (κ2) is 7.48. The summed E-state index contributed by atoms with van der Waals surface area (Å²) in [5, 5.41) is 0. The van der Waals surface area contributed by atoms with Gasteiger partial charge in [0.2, 0.25) is 0 Å². The van der Waals surface area contributed by atoms with Crippen molar-refractivity contribution in [3.05, 3.63) is 31.7 Å². The van der Waals surface area contributed by atoms with Crippen molar-refractivity contribution in [1.82, 2.24) is 0 Å². The smallest absolute Gasteiger partial charge is 0.0316 e. The number of rotatable bonds is 5. The van der Waals surface area contributed by atoms with Gasteiger partial charge in [0.05, 0.1) is 0 Å². The molecule has 0 spiro atoms. The lowest BCUT2D eigenvalue weighted by Gasteiger charge is -1.90. The molecule has 0 aliphatic rings. The summed E-state index contributed by atoms with van der Waals surface area (Å²) in [6.45, 7) is 8.78. The number of hydrogen-bond acceptors (Lipinski definition) is 0. The van der Waals surface area contributed by atoms with Gasteiger partial charge in [0.25, 0.3) is 0 Å². The van der Waals surface area contributed by atoms with Gasteiger partial charge < -0.3 is 0 Å². The molecule has 0 saturated carbocycles. The van der Waals surface area contributed by atoms with Gasteiger partial charge in [-0.2, -0.15) is 0 Å². The van der Waals surface area contributed by atoms with Crippen LogP contribution in [0.2, 0.25) is 0 Å². The minimum atomic E-state index is 1.03. The largest absolute Gasteiger partial charge is 0.0885 e. The molecular formula is C9H14. The zero-order valence-corrected chi connectivity index (χ0v) is 5.84. The molecule has 0 saturated heterocycles. The van der Waals surface area contributed by atoms with E-state index in [1.165, 1.54) is 12.8 Å². The Morgan fingerprint density at radius 2 is 1.89 bits per heavy atom. The predicted octanol–water partition coefficient (Wildman–Crippen LogP) is 2.93. The first-order valence-corrected chi connectivity index (χ1v) is 3.39. The molecule has 9 heavy (non-hydrogen) atoms. The van der Waals surface area contributed by atoms with E-state index in [1.54, 1.807) is 6.08 Å². The van der Waals surface area contributed by atoms with E-state index in [0.717, 1.165) is 12.8 Å². The molecule has 0 atom stereocenters. The Hall–Kier alpha value is -0.520. The van der Waals surface area contributed by atoms with Crippen molar-refractivity contribution in [2.45, 2.75) is 25.7 Å². The SMILES string of the molecule is [CH]=CCCCC/C=C/[CH2]. The molecule has 0 rings (SSSR count). The van der Waals surface area contributed by atoms with E-state index in [-0.39, 0.29) is 0 Å². The third kappa shape index (κ3) is 7.48. The van der Waals surface area contributed by atoms with Gasteiger partial charge in [-0.15, -0.1) is 0 Å². The summed E-state index contributed by atoms with van der Waals surface area (Å²) in [5.41, 5.74) is 0. The third-order valence-electron chi connectivity index (χ3n) is 1.16. The maximum atomic E-state index is 5.19. The van der Waals surface area contributed by atoms with Crippen molar-refractivity contribution in [3.8, 4) is 0 Å². The van der Waals surface area contributed by atoms with Gasteiger partial charge in [0.15, 0.2) is 0 Å². The monoisotopic (exact) mass is 122 g/mol. The van der Waals surface area contributed by atoms with E-state index in [1.807, 2.05) is 6.08 Å². The summed E-state index contributed by atoms with van der Waals surface area (Å²) in [6.07, 6.45) is 10.2. The minimum absolute atomic E-state index is 1.03. The van der Waals surface area contributed by atoms with Gasteiger partial charge >= 0.3 is 0 Å². The molecule has 0 aliphatic carbocycles. The molecule has 2 radical (unpaired) electrons. The summed E-state index contributed by atoms with van der Waals surface area (Å²) in [6, 6.07) is 0. The first kappa shape index (κ1) is 8.48. The second-order valence-electron chi connectivity index (χ2n) is 1.99. The van der Waals surface area contributed by atoms with Crippen LogP contribution < -0.4 is 0 Å². The van der Waals surface area contributed by atoms with E-state index >= 15 is 0 Å². The second-order valence-corrected chi connectivity index (χ2v) is 1.99. The van der Waals surface area contributed by atoms with Crippen LogP contribution in [-0.2, 0) is 0 Å². The maximum Gasteiger partial charge on any atom is -0.0316 e. The Labute approximate surface area is 58.3 Å².